The molecule has 3 aromatic rings. The van der Waals surface area contributed by atoms with Gasteiger partial charge in [-0.3, -0.25) is 9.59 Å². The van der Waals surface area contributed by atoms with E-state index in [2.05, 4.69) is 15.3 Å². The lowest BCUT2D eigenvalue weighted by atomic mass is 9.96. The first kappa shape index (κ1) is 21.0. The van der Waals surface area contributed by atoms with Gasteiger partial charge in [0.1, 0.15) is 11.6 Å². The Morgan fingerprint density at radius 3 is 2.90 bits per heavy atom. The van der Waals surface area contributed by atoms with Gasteiger partial charge in [0.15, 0.2) is 0 Å². The second-order valence-electron chi connectivity index (χ2n) is 8.15. The minimum Gasteiger partial charge on any atom is -0.355 e. The largest absolute Gasteiger partial charge is 0.355 e. The smallest absolute Gasteiger partial charge is 0.224 e. The predicted molar refractivity (Wildman–Crippen MR) is 117 cm³/mol. The molecule has 2 heterocycles. The summed E-state index contributed by atoms with van der Waals surface area (Å²) in [7, 11) is 0. The number of aromatic amines is 1. The molecule has 0 saturated carbocycles. The van der Waals surface area contributed by atoms with E-state index < -0.39 is 0 Å². The number of piperidine rings is 1. The lowest BCUT2D eigenvalue weighted by molar-refractivity contribution is -0.138. The van der Waals surface area contributed by atoms with Crippen molar-refractivity contribution >= 4 is 22.8 Å². The van der Waals surface area contributed by atoms with Gasteiger partial charge in [-0.25, -0.2) is 9.37 Å². The number of likely N-dealkylation sites (tertiary alicyclic amines) is 1. The minimum atomic E-state index is -0.278. The second-order valence-corrected chi connectivity index (χ2v) is 8.15. The summed E-state index contributed by atoms with van der Waals surface area (Å²) in [5.74, 6) is 0.372. The van der Waals surface area contributed by atoms with E-state index in [1.165, 1.54) is 12.1 Å². The Morgan fingerprint density at radius 1 is 1.26 bits per heavy atom. The van der Waals surface area contributed by atoms with E-state index >= 15 is 0 Å². The molecule has 1 aliphatic rings. The Kier molecular flexibility index (Phi) is 6.30. The van der Waals surface area contributed by atoms with Crippen molar-refractivity contribution in [3.63, 3.8) is 0 Å². The standard InChI is InChI=1S/C24H27FN4O2/c1-16-4-2-7-20-23(16)28-21(27-20)10-12-26-24(31)18-8-9-22(30)29(15-18)13-11-17-5-3-6-19(25)14-17/h2-7,14,18H,8-13,15H2,1H3,(H,26,31)(H,27,28). The summed E-state index contributed by atoms with van der Waals surface area (Å²) in [6.45, 7) is 3.42. The zero-order valence-corrected chi connectivity index (χ0v) is 17.7. The van der Waals surface area contributed by atoms with Crippen LogP contribution >= 0.6 is 0 Å². The van der Waals surface area contributed by atoms with Gasteiger partial charge in [0.25, 0.3) is 0 Å². The summed E-state index contributed by atoms with van der Waals surface area (Å²) in [6.07, 6.45) is 2.12. The zero-order chi connectivity index (χ0) is 21.8. The number of amides is 2. The fourth-order valence-electron chi connectivity index (χ4n) is 4.09. The van der Waals surface area contributed by atoms with Gasteiger partial charge in [-0.15, -0.1) is 0 Å². The van der Waals surface area contributed by atoms with Crippen LogP contribution in [0.3, 0.4) is 0 Å². The van der Waals surface area contributed by atoms with E-state index in [1.54, 1.807) is 11.0 Å². The third-order valence-corrected chi connectivity index (χ3v) is 5.85. The fraction of sp³-hybridized carbons (Fsp3) is 0.375. The molecule has 4 rings (SSSR count). The Labute approximate surface area is 180 Å². The highest BCUT2D eigenvalue weighted by Crippen LogP contribution is 2.19. The van der Waals surface area contributed by atoms with Crippen molar-refractivity contribution in [1.82, 2.24) is 20.2 Å². The van der Waals surface area contributed by atoms with E-state index in [-0.39, 0.29) is 23.5 Å². The SMILES string of the molecule is Cc1cccc2[nH]c(CCNC(=O)C3CCC(=O)N(CCc4cccc(F)c4)C3)nc12. The van der Waals surface area contributed by atoms with Crippen molar-refractivity contribution in [3.8, 4) is 0 Å². The first-order valence-corrected chi connectivity index (χ1v) is 10.7. The number of para-hydroxylation sites is 1. The van der Waals surface area contributed by atoms with E-state index in [0.29, 0.717) is 45.3 Å². The number of H-pyrrole nitrogens is 1. The number of rotatable bonds is 7. The van der Waals surface area contributed by atoms with Crippen LogP contribution in [0, 0.1) is 18.7 Å². The molecule has 0 bridgehead atoms. The monoisotopic (exact) mass is 422 g/mol. The number of halogens is 1. The molecular formula is C24H27FN4O2. The number of aromatic nitrogens is 2. The van der Waals surface area contributed by atoms with E-state index in [0.717, 1.165) is 28.0 Å². The third-order valence-electron chi connectivity index (χ3n) is 5.85. The number of carbonyl (C=O) groups excluding carboxylic acids is 2. The molecule has 0 radical (unpaired) electrons. The van der Waals surface area contributed by atoms with Crippen LogP contribution in [0.1, 0.15) is 29.8 Å². The third kappa shape index (κ3) is 5.10. The van der Waals surface area contributed by atoms with Gasteiger partial charge in [-0.1, -0.05) is 24.3 Å². The maximum absolute atomic E-state index is 13.4. The zero-order valence-electron chi connectivity index (χ0n) is 17.7. The van der Waals surface area contributed by atoms with Gasteiger partial charge in [0, 0.05) is 32.5 Å². The van der Waals surface area contributed by atoms with E-state index in [1.807, 2.05) is 31.2 Å². The Balaban J connectivity index is 1.27. The average molecular weight is 423 g/mol. The summed E-state index contributed by atoms with van der Waals surface area (Å²) in [6, 6.07) is 12.4. The van der Waals surface area contributed by atoms with Crippen LogP contribution in [0.25, 0.3) is 11.0 Å². The fourth-order valence-corrected chi connectivity index (χ4v) is 4.09. The predicted octanol–water partition coefficient (Wildman–Crippen LogP) is 3.15. The molecule has 1 atom stereocenters. The van der Waals surface area contributed by atoms with Gasteiger partial charge < -0.3 is 15.2 Å². The Hall–Kier alpha value is -3.22. The maximum atomic E-state index is 13.4. The topological polar surface area (TPSA) is 78.1 Å². The van der Waals surface area contributed by atoms with Crippen LogP contribution in [0.2, 0.25) is 0 Å². The van der Waals surface area contributed by atoms with Gasteiger partial charge in [-0.05, 0) is 49.1 Å². The number of fused-ring (bicyclic) bond motifs is 1. The normalized spacial score (nSPS) is 16.6. The van der Waals surface area contributed by atoms with Crippen LogP contribution in [0.5, 0.6) is 0 Å². The maximum Gasteiger partial charge on any atom is 0.224 e. The van der Waals surface area contributed by atoms with Crippen molar-refractivity contribution in [3.05, 3.63) is 65.2 Å². The second kappa shape index (κ2) is 9.29. The number of hydrogen-bond acceptors (Lipinski definition) is 3. The molecule has 6 nitrogen and oxygen atoms in total. The van der Waals surface area contributed by atoms with Crippen LogP contribution < -0.4 is 5.32 Å². The molecule has 2 N–H and O–H groups in total. The minimum absolute atomic E-state index is 0.0319. The van der Waals surface area contributed by atoms with Crippen molar-refractivity contribution in [2.24, 2.45) is 5.92 Å². The molecule has 1 saturated heterocycles. The highest BCUT2D eigenvalue weighted by molar-refractivity contribution is 5.84. The van der Waals surface area contributed by atoms with Gasteiger partial charge in [-0.2, -0.15) is 0 Å². The van der Waals surface area contributed by atoms with Gasteiger partial charge >= 0.3 is 0 Å². The van der Waals surface area contributed by atoms with Crippen molar-refractivity contribution < 1.29 is 14.0 Å². The number of hydrogen-bond donors (Lipinski definition) is 2. The molecule has 1 aromatic heterocycles. The molecule has 2 amide bonds. The Bertz CT molecular complexity index is 1090. The highest BCUT2D eigenvalue weighted by atomic mass is 19.1. The van der Waals surface area contributed by atoms with Crippen molar-refractivity contribution in [2.75, 3.05) is 19.6 Å². The van der Waals surface area contributed by atoms with Crippen LogP contribution in [0.4, 0.5) is 4.39 Å². The van der Waals surface area contributed by atoms with Gasteiger partial charge in [0.2, 0.25) is 11.8 Å². The van der Waals surface area contributed by atoms with Crippen molar-refractivity contribution in [1.29, 1.82) is 0 Å². The molecule has 0 spiro atoms. The van der Waals surface area contributed by atoms with Crippen LogP contribution in [0.15, 0.2) is 42.5 Å². The number of carbonyl (C=O) groups is 2. The number of nitrogens with one attached hydrogen (secondary N) is 2. The number of imidazole rings is 1. The molecule has 2 aromatic carbocycles. The molecule has 1 aliphatic heterocycles. The van der Waals surface area contributed by atoms with E-state index in [4.69, 9.17) is 0 Å². The molecular weight excluding hydrogens is 395 g/mol. The van der Waals surface area contributed by atoms with Crippen molar-refractivity contribution in [2.45, 2.75) is 32.6 Å². The molecule has 1 unspecified atom stereocenters. The molecule has 1 fully saturated rings. The summed E-state index contributed by atoms with van der Waals surface area (Å²) >= 11 is 0. The lowest BCUT2D eigenvalue weighted by Gasteiger charge is -2.32. The molecule has 7 heteroatoms. The van der Waals surface area contributed by atoms with Crippen LogP contribution in [-0.2, 0) is 22.4 Å². The number of benzene rings is 2. The molecule has 0 aliphatic carbocycles. The summed E-state index contributed by atoms with van der Waals surface area (Å²) < 4.78 is 13.4. The quantitative estimate of drug-likeness (QED) is 0.614. The first-order valence-electron chi connectivity index (χ1n) is 10.7. The summed E-state index contributed by atoms with van der Waals surface area (Å²) in [5.41, 5.74) is 3.93. The summed E-state index contributed by atoms with van der Waals surface area (Å²) in [4.78, 5) is 34.6. The Morgan fingerprint density at radius 2 is 2.10 bits per heavy atom. The molecule has 162 valence electrons. The van der Waals surface area contributed by atoms with Gasteiger partial charge in [0.05, 0.1) is 17.0 Å². The van der Waals surface area contributed by atoms with Crippen LogP contribution in [-0.4, -0.2) is 46.3 Å². The van der Waals surface area contributed by atoms with E-state index in [9.17, 15) is 14.0 Å². The highest BCUT2D eigenvalue weighted by Gasteiger charge is 2.29. The lowest BCUT2D eigenvalue weighted by Crippen LogP contribution is -2.46. The molecule has 31 heavy (non-hydrogen) atoms. The summed E-state index contributed by atoms with van der Waals surface area (Å²) in [5, 5.41) is 2.99. The number of aryl methyl sites for hydroxylation is 1. The average Bonchev–Trinajstić information content (AvgIpc) is 3.17. The number of nitrogens with zero attached hydrogens (tertiary/aromatic N) is 2. The first-order chi connectivity index (χ1) is 15.0.